The monoisotopic (exact) mass is 267 g/mol. The molecule has 100 valence electrons. The van der Waals surface area contributed by atoms with Crippen molar-refractivity contribution in [3.8, 4) is 0 Å². The van der Waals surface area contributed by atoms with Gasteiger partial charge in [-0.05, 0) is 18.9 Å². The van der Waals surface area contributed by atoms with E-state index in [2.05, 4.69) is 17.4 Å². The van der Waals surface area contributed by atoms with Crippen molar-refractivity contribution in [2.75, 3.05) is 25.5 Å². The summed E-state index contributed by atoms with van der Waals surface area (Å²) in [6.07, 6.45) is 0.878. The summed E-state index contributed by atoms with van der Waals surface area (Å²) < 4.78 is 5.20. The molecule has 0 unspecified atom stereocenters. The molecule has 1 rings (SSSR count). The van der Waals surface area contributed by atoms with Gasteiger partial charge in [-0.25, -0.2) is 0 Å². The van der Waals surface area contributed by atoms with Crippen LogP contribution in [0.1, 0.15) is 18.9 Å². The summed E-state index contributed by atoms with van der Waals surface area (Å²) >= 11 is 1.64. The quantitative estimate of drug-likeness (QED) is 0.699. The summed E-state index contributed by atoms with van der Waals surface area (Å²) in [6, 6.07) is 10.2. The lowest BCUT2D eigenvalue weighted by atomic mass is 10.2. The smallest absolute Gasteiger partial charge is 0.230 e. The van der Waals surface area contributed by atoms with Crippen molar-refractivity contribution < 1.29 is 9.53 Å². The molecule has 0 spiro atoms. The van der Waals surface area contributed by atoms with Crippen molar-refractivity contribution in [3.63, 3.8) is 0 Å². The Kier molecular flexibility index (Phi) is 8.34. The standard InChI is InChI=1S/C14H21NO2S/c1-2-17-10-6-9-15-14(16)12-18-11-13-7-4-3-5-8-13/h3-5,7-8H,2,6,9-12H2,1H3,(H,15,16). The number of hydrogen-bond donors (Lipinski definition) is 1. The number of benzene rings is 1. The third-order valence-corrected chi connectivity index (χ3v) is 3.34. The summed E-state index contributed by atoms with van der Waals surface area (Å²) in [5, 5.41) is 2.89. The summed E-state index contributed by atoms with van der Waals surface area (Å²) in [5.41, 5.74) is 1.26. The second kappa shape index (κ2) is 9.97. The predicted molar refractivity (Wildman–Crippen MR) is 76.7 cm³/mol. The van der Waals surface area contributed by atoms with Gasteiger partial charge in [-0.3, -0.25) is 4.79 Å². The Balaban J connectivity index is 2.00. The number of rotatable bonds is 9. The average Bonchev–Trinajstić information content (AvgIpc) is 2.40. The molecule has 0 atom stereocenters. The first-order chi connectivity index (χ1) is 8.83. The first-order valence-electron chi connectivity index (χ1n) is 6.29. The van der Waals surface area contributed by atoms with Crippen molar-refractivity contribution in [1.29, 1.82) is 0 Å². The molecule has 1 aromatic carbocycles. The summed E-state index contributed by atoms with van der Waals surface area (Å²) in [7, 11) is 0. The second-order valence-electron chi connectivity index (χ2n) is 3.88. The van der Waals surface area contributed by atoms with Crippen LogP contribution in [0.15, 0.2) is 30.3 Å². The van der Waals surface area contributed by atoms with E-state index in [1.54, 1.807) is 11.8 Å². The van der Waals surface area contributed by atoms with Crippen LogP contribution in [0.3, 0.4) is 0 Å². The van der Waals surface area contributed by atoms with Crippen molar-refractivity contribution >= 4 is 17.7 Å². The summed E-state index contributed by atoms with van der Waals surface area (Å²) in [4.78, 5) is 11.5. The molecule has 1 N–H and O–H groups in total. The molecule has 4 heteroatoms. The predicted octanol–water partition coefficient (Wildman–Crippen LogP) is 2.46. The highest BCUT2D eigenvalue weighted by Gasteiger charge is 2.01. The van der Waals surface area contributed by atoms with Crippen molar-refractivity contribution in [2.24, 2.45) is 0 Å². The van der Waals surface area contributed by atoms with Gasteiger partial charge in [-0.1, -0.05) is 30.3 Å². The van der Waals surface area contributed by atoms with E-state index in [0.29, 0.717) is 18.9 Å². The van der Waals surface area contributed by atoms with Gasteiger partial charge in [0.1, 0.15) is 0 Å². The molecule has 0 aliphatic heterocycles. The van der Waals surface area contributed by atoms with Gasteiger partial charge < -0.3 is 10.1 Å². The van der Waals surface area contributed by atoms with Crippen LogP contribution in [-0.4, -0.2) is 31.4 Å². The van der Waals surface area contributed by atoms with Crippen molar-refractivity contribution in [2.45, 2.75) is 19.1 Å². The molecule has 0 aromatic heterocycles. The van der Waals surface area contributed by atoms with Crippen LogP contribution in [0.25, 0.3) is 0 Å². The Morgan fingerprint density at radius 3 is 2.83 bits per heavy atom. The number of carbonyl (C=O) groups is 1. The second-order valence-corrected chi connectivity index (χ2v) is 4.86. The normalized spacial score (nSPS) is 10.3. The fourth-order valence-electron chi connectivity index (χ4n) is 1.43. The van der Waals surface area contributed by atoms with E-state index < -0.39 is 0 Å². The summed E-state index contributed by atoms with van der Waals surface area (Å²) in [5.74, 6) is 1.50. The Morgan fingerprint density at radius 2 is 2.11 bits per heavy atom. The summed E-state index contributed by atoms with van der Waals surface area (Å²) in [6.45, 7) is 4.12. The fourth-order valence-corrected chi connectivity index (χ4v) is 2.25. The molecule has 0 aliphatic carbocycles. The Morgan fingerprint density at radius 1 is 1.33 bits per heavy atom. The Labute approximate surface area is 113 Å². The zero-order chi connectivity index (χ0) is 13.1. The molecule has 1 aromatic rings. The number of carbonyl (C=O) groups excluding carboxylic acids is 1. The molecule has 0 saturated carbocycles. The van der Waals surface area contributed by atoms with E-state index in [-0.39, 0.29) is 5.91 Å². The number of ether oxygens (including phenoxy) is 1. The highest BCUT2D eigenvalue weighted by Crippen LogP contribution is 2.10. The molecule has 0 radical (unpaired) electrons. The third kappa shape index (κ3) is 7.35. The Bertz CT molecular complexity index is 330. The number of hydrogen-bond acceptors (Lipinski definition) is 3. The van der Waals surface area contributed by atoms with E-state index in [1.807, 2.05) is 25.1 Å². The Hall–Kier alpha value is -1.00. The molecular weight excluding hydrogens is 246 g/mol. The molecule has 1 amide bonds. The minimum Gasteiger partial charge on any atom is -0.382 e. The highest BCUT2D eigenvalue weighted by molar-refractivity contribution is 7.99. The van der Waals surface area contributed by atoms with E-state index >= 15 is 0 Å². The lowest BCUT2D eigenvalue weighted by molar-refractivity contribution is -0.118. The average molecular weight is 267 g/mol. The van der Waals surface area contributed by atoms with Crippen LogP contribution in [0, 0.1) is 0 Å². The van der Waals surface area contributed by atoms with Crippen LogP contribution in [0.2, 0.25) is 0 Å². The lowest BCUT2D eigenvalue weighted by Crippen LogP contribution is -2.26. The molecule has 0 fully saturated rings. The van der Waals surface area contributed by atoms with Crippen LogP contribution in [-0.2, 0) is 15.3 Å². The lowest BCUT2D eigenvalue weighted by Gasteiger charge is -2.05. The van der Waals surface area contributed by atoms with E-state index in [0.717, 1.165) is 18.8 Å². The maximum atomic E-state index is 11.5. The minimum absolute atomic E-state index is 0.104. The zero-order valence-electron chi connectivity index (χ0n) is 10.9. The molecular formula is C14H21NO2S. The number of nitrogens with one attached hydrogen (secondary N) is 1. The van der Waals surface area contributed by atoms with Crippen LogP contribution in [0.5, 0.6) is 0 Å². The van der Waals surface area contributed by atoms with Crippen LogP contribution >= 0.6 is 11.8 Å². The SMILES string of the molecule is CCOCCCNC(=O)CSCc1ccccc1. The third-order valence-electron chi connectivity index (χ3n) is 2.34. The maximum Gasteiger partial charge on any atom is 0.230 e. The minimum atomic E-state index is 0.104. The van der Waals surface area contributed by atoms with Crippen LogP contribution < -0.4 is 5.32 Å². The largest absolute Gasteiger partial charge is 0.382 e. The maximum absolute atomic E-state index is 11.5. The first-order valence-corrected chi connectivity index (χ1v) is 7.44. The van der Waals surface area contributed by atoms with Gasteiger partial charge in [0.25, 0.3) is 0 Å². The van der Waals surface area contributed by atoms with Crippen molar-refractivity contribution in [1.82, 2.24) is 5.32 Å². The van der Waals surface area contributed by atoms with E-state index in [4.69, 9.17) is 4.74 Å². The van der Waals surface area contributed by atoms with Gasteiger partial charge in [0.15, 0.2) is 0 Å². The molecule has 0 aliphatic rings. The van der Waals surface area contributed by atoms with Crippen molar-refractivity contribution in [3.05, 3.63) is 35.9 Å². The number of thioether (sulfide) groups is 1. The van der Waals surface area contributed by atoms with Gasteiger partial charge in [0.05, 0.1) is 5.75 Å². The number of amides is 1. The highest BCUT2D eigenvalue weighted by atomic mass is 32.2. The molecule has 0 bridgehead atoms. The van der Waals surface area contributed by atoms with Gasteiger partial charge in [-0.15, -0.1) is 11.8 Å². The van der Waals surface area contributed by atoms with Gasteiger partial charge in [0, 0.05) is 25.5 Å². The van der Waals surface area contributed by atoms with Crippen LogP contribution in [0.4, 0.5) is 0 Å². The van der Waals surface area contributed by atoms with E-state index in [1.165, 1.54) is 5.56 Å². The van der Waals surface area contributed by atoms with Gasteiger partial charge in [0.2, 0.25) is 5.91 Å². The van der Waals surface area contributed by atoms with Gasteiger partial charge >= 0.3 is 0 Å². The molecule has 0 heterocycles. The topological polar surface area (TPSA) is 38.3 Å². The van der Waals surface area contributed by atoms with Gasteiger partial charge in [-0.2, -0.15) is 0 Å². The molecule has 18 heavy (non-hydrogen) atoms. The molecule has 3 nitrogen and oxygen atoms in total. The zero-order valence-corrected chi connectivity index (χ0v) is 11.7. The van der Waals surface area contributed by atoms with E-state index in [9.17, 15) is 4.79 Å². The first kappa shape index (κ1) is 15.1. The molecule has 0 saturated heterocycles. The fraction of sp³-hybridized carbons (Fsp3) is 0.500.